The zero-order chi connectivity index (χ0) is 14.3. The Hall–Kier alpha value is -0.650. The normalized spacial score (nSPS) is 23.4. The van der Waals surface area contributed by atoms with Crippen LogP contribution in [0.3, 0.4) is 0 Å². The van der Waals surface area contributed by atoms with Crippen molar-refractivity contribution in [3.63, 3.8) is 0 Å². The van der Waals surface area contributed by atoms with Gasteiger partial charge >= 0.3 is 0 Å². The van der Waals surface area contributed by atoms with Crippen molar-refractivity contribution in [3.8, 4) is 0 Å². The summed E-state index contributed by atoms with van der Waals surface area (Å²) in [6.45, 7) is 5.51. The zero-order valence-electron chi connectivity index (χ0n) is 12.7. The molecule has 0 bridgehead atoms. The second kappa shape index (κ2) is 7.96. The quantitative estimate of drug-likeness (QED) is 0.755. The number of carbonyl (C=O) groups is 1. The molecule has 1 amide bonds. The summed E-state index contributed by atoms with van der Waals surface area (Å²) in [5.74, 6) is 0.155. The Balaban J connectivity index is 1.90. The Labute approximate surface area is 122 Å². The second-order valence-corrected chi connectivity index (χ2v) is 6.01. The Bertz CT molecular complexity index is 297. The van der Waals surface area contributed by atoms with Crippen molar-refractivity contribution in [3.05, 3.63) is 0 Å². The molecule has 20 heavy (non-hydrogen) atoms. The molecule has 2 heterocycles. The fourth-order valence-corrected chi connectivity index (χ4v) is 3.31. The molecule has 5 heteroatoms. The largest absolute Gasteiger partial charge is 0.381 e. The van der Waals surface area contributed by atoms with E-state index in [1.54, 1.807) is 0 Å². The minimum absolute atomic E-state index is 0.133. The van der Waals surface area contributed by atoms with Gasteiger partial charge in [-0.2, -0.15) is 0 Å². The van der Waals surface area contributed by atoms with E-state index in [9.17, 15) is 4.79 Å². The van der Waals surface area contributed by atoms with Gasteiger partial charge in [0.2, 0.25) is 5.91 Å². The topological polar surface area (TPSA) is 53.6 Å². The molecule has 0 unspecified atom stereocenters. The average molecular weight is 283 g/mol. The van der Waals surface area contributed by atoms with Crippen molar-refractivity contribution in [1.82, 2.24) is 15.5 Å². The summed E-state index contributed by atoms with van der Waals surface area (Å²) in [5.41, 5.74) is 0.133. The summed E-state index contributed by atoms with van der Waals surface area (Å²) < 4.78 is 5.54. The van der Waals surface area contributed by atoms with Crippen LogP contribution in [0.2, 0.25) is 0 Å². The predicted octanol–water partition coefficient (Wildman–Crippen LogP) is 0.747. The van der Waals surface area contributed by atoms with E-state index >= 15 is 0 Å². The molecule has 5 nitrogen and oxygen atoms in total. The molecule has 0 aromatic rings. The van der Waals surface area contributed by atoms with Crippen LogP contribution < -0.4 is 10.6 Å². The molecule has 2 fully saturated rings. The molecule has 0 aliphatic carbocycles. The summed E-state index contributed by atoms with van der Waals surface area (Å²) in [5, 5.41) is 6.17. The van der Waals surface area contributed by atoms with Crippen molar-refractivity contribution in [2.24, 2.45) is 0 Å². The van der Waals surface area contributed by atoms with Crippen molar-refractivity contribution < 1.29 is 9.53 Å². The fraction of sp³-hybridized carbons (Fsp3) is 0.933. The van der Waals surface area contributed by atoms with Gasteiger partial charge in [-0.1, -0.05) is 6.42 Å². The molecule has 0 saturated carbocycles. The number of amides is 1. The number of rotatable bonds is 6. The number of nitrogens with one attached hydrogen (secondary N) is 2. The molecule has 0 aromatic carbocycles. The Morgan fingerprint density at radius 1 is 1.20 bits per heavy atom. The van der Waals surface area contributed by atoms with E-state index in [4.69, 9.17) is 4.74 Å². The van der Waals surface area contributed by atoms with E-state index in [1.165, 1.54) is 32.4 Å². The lowest BCUT2D eigenvalue weighted by molar-refractivity contribution is -0.122. The van der Waals surface area contributed by atoms with Crippen LogP contribution in [-0.2, 0) is 9.53 Å². The highest BCUT2D eigenvalue weighted by atomic mass is 16.5. The molecular weight excluding hydrogens is 254 g/mol. The lowest BCUT2D eigenvalue weighted by Gasteiger charge is -2.48. The number of nitrogens with zero attached hydrogens (tertiary/aromatic N) is 1. The second-order valence-electron chi connectivity index (χ2n) is 6.01. The third kappa shape index (κ3) is 4.17. The van der Waals surface area contributed by atoms with Gasteiger partial charge in [0.1, 0.15) is 0 Å². The minimum atomic E-state index is 0.133. The fourth-order valence-electron chi connectivity index (χ4n) is 3.31. The summed E-state index contributed by atoms with van der Waals surface area (Å²) in [7, 11) is 1.88. The third-order valence-corrected chi connectivity index (χ3v) is 4.67. The standard InChI is InChI=1S/C15H29N3O2/c1-16-8-5-14(19)17-13-15(6-11-20-12-7-15)18-9-3-2-4-10-18/h16H,2-13H2,1H3,(H,17,19). The number of ether oxygens (including phenoxy) is 1. The van der Waals surface area contributed by atoms with Gasteiger partial charge in [-0.15, -0.1) is 0 Å². The number of carbonyl (C=O) groups excluding carboxylic acids is 1. The number of hydrogen-bond acceptors (Lipinski definition) is 4. The molecule has 2 N–H and O–H groups in total. The lowest BCUT2D eigenvalue weighted by atomic mass is 9.86. The molecule has 2 saturated heterocycles. The smallest absolute Gasteiger partial charge is 0.221 e. The first kappa shape index (κ1) is 15.7. The first-order valence-corrected chi connectivity index (χ1v) is 8.01. The van der Waals surface area contributed by atoms with E-state index in [0.29, 0.717) is 6.42 Å². The van der Waals surface area contributed by atoms with E-state index in [0.717, 1.165) is 39.1 Å². The van der Waals surface area contributed by atoms with E-state index in [1.807, 2.05) is 7.05 Å². The maximum atomic E-state index is 11.9. The molecule has 0 radical (unpaired) electrons. The third-order valence-electron chi connectivity index (χ3n) is 4.67. The van der Waals surface area contributed by atoms with Crippen molar-refractivity contribution in [2.75, 3.05) is 46.4 Å². The summed E-state index contributed by atoms with van der Waals surface area (Å²) in [4.78, 5) is 14.5. The monoisotopic (exact) mass is 283 g/mol. The molecule has 0 atom stereocenters. The molecule has 116 valence electrons. The summed E-state index contributed by atoms with van der Waals surface area (Å²) >= 11 is 0. The molecular formula is C15H29N3O2. The number of hydrogen-bond donors (Lipinski definition) is 2. The Morgan fingerprint density at radius 3 is 2.55 bits per heavy atom. The van der Waals surface area contributed by atoms with Crippen molar-refractivity contribution >= 4 is 5.91 Å². The minimum Gasteiger partial charge on any atom is -0.381 e. The van der Waals surface area contributed by atoms with Crippen LogP contribution in [0.15, 0.2) is 0 Å². The van der Waals surface area contributed by atoms with E-state index < -0.39 is 0 Å². The van der Waals surface area contributed by atoms with Gasteiger partial charge in [0.25, 0.3) is 0 Å². The van der Waals surface area contributed by atoms with Crippen LogP contribution in [0.4, 0.5) is 0 Å². The first-order chi connectivity index (χ1) is 9.77. The lowest BCUT2D eigenvalue weighted by Crippen LogP contribution is -2.59. The summed E-state index contributed by atoms with van der Waals surface area (Å²) in [6, 6.07) is 0. The van der Waals surface area contributed by atoms with Gasteiger partial charge in [0, 0.05) is 38.3 Å². The molecule has 2 aliphatic rings. The van der Waals surface area contributed by atoms with Crippen LogP contribution in [0.1, 0.15) is 38.5 Å². The predicted molar refractivity (Wildman–Crippen MR) is 79.8 cm³/mol. The van der Waals surface area contributed by atoms with Gasteiger partial charge < -0.3 is 15.4 Å². The van der Waals surface area contributed by atoms with Gasteiger partial charge in [0.15, 0.2) is 0 Å². The van der Waals surface area contributed by atoms with Crippen LogP contribution in [0, 0.1) is 0 Å². The highest BCUT2D eigenvalue weighted by Crippen LogP contribution is 2.30. The van der Waals surface area contributed by atoms with E-state index in [-0.39, 0.29) is 11.4 Å². The highest BCUT2D eigenvalue weighted by Gasteiger charge is 2.38. The maximum absolute atomic E-state index is 11.9. The average Bonchev–Trinajstić information content (AvgIpc) is 2.52. The van der Waals surface area contributed by atoms with E-state index in [2.05, 4.69) is 15.5 Å². The molecule has 0 spiro atoms. The van der Waals surface area contributed by atoms with Crippen molar-refractivity contribution in [1.29, 1.82) is 0 Å². The van der Waals surface area contributed by atoms with Crippen LogP contribution in [0.25, 0.3) is 0 Å². The first-order valence-electron chi connectivity index (χ1n) is 8.01. The van der Waals surface area contributed by atoms with Crippen LogP contribution >= 0.6 is 0 Å². The Morgan fingerprint density at radius 2 is 1.90 bits per heavy atom. The molecule has 2 rings (SSSR count). The molecule has 2 aliphatic heterocycles. The zero-order valence-corrected chi connectivity index (χ0v) is 12.7. The van der Waals surface area contributed by atoms with Crippen LogP contribution in [-0.4, -0.2) is 62.8 Å². The van der Waals surface area contributed by atoms with Gasteiger partial charge in [0.05, 0.1) is 0 Å². The van der Waals surface area contributed by atoms with Gasteiger partial charge in [-0.25, -0.2) is 0 Å². The molecule has 0 aromatic heterocycles. The summed E-state index contributed by atoms with van der Waals surface area (Å²) in [6.07, 6.45) is 6.56. The van der Waals surface area contributed by atoms with Gasteiger partial charge in [-0.3, -0.25) is 9.69 Å². The number of piperidine rings is 1. The Kier molecular flexibility index (Phi) is 6.26. The number of likely N-dealkylation sites (tertiary alicyclic amines) is 1. The van der Waals surface area contributed by atoms with Crippen molar-refractivity contribution in [2.45, 2.75) is 44.1 Å². The van der Waals surface area contributed by atoms with Gasteiger partial charge in [-0.05, 0) is 45.8 Å². The van der Waals surface area contributed by atoms with Crippen LogP contribution in [0.5, 0.6) is 0 Å². The SMILES string of the molecule is CNCCC(=O)NCC1(N2CCCCC2)CCOCC1. The maximum Gasteiger partial charge on any atom is 0.221 e. The highest BCUT2D eigenvalue weighted by molar-refractivity contribution is 5.76.